The molecule has 0 amide bonds. The number of rotatable bonds is 7. The summed E-state index contributed by atoms with van der Waals surface area (Å²) in [4.78, 5) is 53.5. The summed E-state index contributed by atoms with van der Waals surface area (Å²) in [6, 6.07) is 4.97. The van der Waals surface area contributed by atoms with Crippen molar-refractivity contribution in [3.8, 4) is 0 Å². The Bertz CT molecular complexity index is 1780. The van der Waals surface area contributed by atoms with Gasteiger partial charge in [0.15, 0.2) is 11.6 Å². The lowest BCUT2D eigenvalue weighted by Gasteiger charge is -2.38. The summed E-state index contributed by atoms with van der Waals surface area (Å²) < 4.78 is 82.1. The molecule has 0 saturated carbocycles. The van der Waals surface area contributed by atoms with Crippen molar-refractivity contribution in [1.29, 1.82) is 0 Å². The van der Waals surface area contributed by atoms with Crippen molar-refractivity contribution in [2.75, 3.05) is 33.3 Å². The number of halogens is 4. The molecular formula is C34H32F4N2O8. The predicted octanol–water partition coefficient (Wildman–Crippen LogP) is 5.32. The van der Waals surface area contributed by atoms with Crippen LogP contribution in [0.5, 0.6) is 0 Å². The number of nitrogens with one attached hydrogen (secondary N) is 1. The summed E-state index contributed by atoms with van der Waals surface area (Å²) in [7, 11) is 4.20. The Labute approximate surface area is 273 Å². The van der Waals surface area contributed by atoms with E-state index in [-0.39, 0.29) is 56.3 Å². The second-order valence-corrected chi connectivity index (χ2v) is 10.8. The fourth-order valence-electron chi connectivity index (χ4n) is 6.27. The van der Waals surface area contributed by atoms with Gasteiger partial charge >= 0.3 is 23.9 Å². The van der Waals surface area contributed by atoms with E-state index in [0.717, 1.165) is 51.5 Å². The topological polar surface area (TPSA) is 120 Å². The molecule has 0 radical (unpaired) electrons. The fourth-order valence-corrected chi connectivity index (χ4v) is 6.27. The molecule has 0 fully saturated rings. The van der Waals surface area contributed by atoms with Crippen LogP contribution in [0.2, 0.25) is 0 Å². The number of benzene rings is 2. The quantitative estimate of drug-likeness (QED) is 0.235. The number of allylic oxidation sites excluding steroid dienone is 4. The van der Waals surface area contributed by atoms with E-state index in [1.54, 1.807) is 0 Å². The first-order chi connectivity index (χ1) is 22.7. The molecule has 2 aliphatic rings. The van der Waals surface area contributed by atoms with Gasteiger partial charge in [-0.05, 0) is 45.9 Å². The fraction of sp³-hybridized carbons (Fsp3) is 0.294. The van der Waals surface area contributed by atoms with E-state index in [1.807, 2.05) is 0 Å². The minimum absolute atomic E-state index is 0.0361. The smallest absolute Gasteiger partial charge is 0.336 e. The number of nitrogens with zero attached hydrogens (tertiary/aromatic N) is 1. The summed E-state index contributed by atoms with van der Waals surface area (Å²) in [5.74, 6) is -12.2. The summed E-state index contributed by atoms with van der Waals surface area (Å²) >= 11 is 0. The van der Waals surface area contributed by atoms with Gasteiger partial charge in [0.05, 0.1) is 68.3 Å². The molecule has 14 heteroatoms. The molecule has 2 aromatic rings. The van der Waals surface area contributed by atoms with Crippen molar-refractivity contribution < 1.29 is 55.7 Å². The lowest BCUT2D eigenvalue weighted by atomic mass is 9.78. The molecule has 10 nitrogen and oxygen atoms in total. The van der Waals surface area contributed by atoms with Gasteiger partial charge in [-0.3, -0.25) is 0 Å². The van der Waals surface area contributed by atoms with Gasteiger partial charge in [0.25, 0.3) is 0 Å². The van der Waals surface area contributed by atoms with Gasteiger partial charge in [0.1, 0.15) is 11.6 Å². The maximum absolute atomic E-state index is 16.4. The molecule has 0 atom stereocenters. The number of esters is 4. The summed E-state index contributed by atoms with van der Waals surface area (Å²) in [5, 5.41) is 2.84. The normalized spacial score (nSPS) is 15.9. The van der Waals surface area contributed by atoms with Crippen LogP contribution in [-0.2, 0) is 38.1 Å². The highest BCUT2D eigenvalue weighted by Crippen LogP contribution is 2.47. The third-order valence-corrected chi connectivity index (χ3v) is 8.31. The number of anilines is 1. The number of hydrogen-bond donors (Lipinski definition) is 1. The number of hydrogen-bond acceptors (Lipinski definition) is 10. The maximum atomic E-state index is 16.4. The van der Waals surface area contributed by atoms with Gasteiger partial charge < -0.3 is 29.2 Å². The van der Waals surface area contributed by atoms with Crippen LogP contribution in [0.3, 0.4) is 0 Å². The Morgan fingerprint density at radius 2 is 1.04 bits per heavy atom. The van der Waals surface area contributed by atoms with E-state index in [1.165, 1.54) is 39.8 Å². The highest BCUT2D eigenvalue weighted by Gasteiger charge is 2.44. The molecule has 0 unspecified atom stereocenters. The van der Waals surface area contributed by atoms with Crippen LogP contribution in [0.25, 0.3) is 0 Å². The molecule has 0 aliphatic carbocycles. The highest BCUT2D eigenvalue weighted by atomic mass is 19.2. The number of carbonyl (C=O) groups is 4. The summed E-state index contributed by atoms with van der Waals surface area (Å²) in [5.41, 5.74) is -2.23. The maximum Gasteiger partial charge on any atom is 0.336 e. The molecule has 2 heterocycles. The molecule has 0 aromatic heterocycles. The van der Waals surface area contributed by atoms with Crippen molar-refractivity contribution >= 4 is 29.6 Å². The van der Waals surface area contributed by atoms with Gasteiger partial charge in [0, 0.05) is 33.9 Å². The standard InChI is InChI=1S/C34H32F4N2O8/c1-14-23(31(41)45-5)29(24(15(2)39-14)32(42)46-6)28-21(36)12-18(13-22(28)37)40-16(3)25(33(43)47-7)27(26(17(40)4)34(44)48-8)19-10-9-11-20(35)30(19)38/h9-13,27,29,39H,1-8H3. The highest BCUT2D eigenvalue weighted by molar-refractivity contribution is 6.02. The van der Waals surface area contributed by atoms with E-state index >= 15 is 13.2 Å². The van der Waals surface area contributed by atoms with E-state index in [4.69, 9.17) is 18.9 Å². The van der Waals surface area contributed by atoms with Gasteiger partial charge in [0.2, 0.25) is 0 Å². The van der Waals surface area contributed by atoms with Gasteiger partial charge in [-0.1, -0.05) is 12.1 Å². The molecule has 2 aromatic carbocycles. The Balaban J connectivity index is 2.04. The largest absolute Gasteiger partial charge is 0.466 e. The number of ether oxygens (including phenoxy) is 4. The SMILES string of the molecule is COC(=O)C1=C(C)N(c2cc(F)c(C3C(C(=O)OC)=C(C)NC(C)=C3C(=O)OC)c(F)c2)C(C)=C(C(=O)OC)C1c1cccc(F)c1F. The first kappa shape index (κ1) is 35.5. The predicted molar refractivity (Wildman–Crippen MR) is 163 cm³/mol. The lowest BCUT2D eigenvalue weighted by Crippen LogP contribution is -2.36. The Hall–Kier alpha value is -5.40. The van der Waals surface area contributed by atoms with Crippen molar-refractivity contribution in [1.82, 2.24) is 5.32 Å². The Morgan fingerprint density at radius 1 is 0.625 bits per heavy atom. The van der Waals surface area contributed by atoms with E-state index < -0.39 is 64.5 Å². The van der Waals surface area contributed by atoms with Crippen LogP contribution < -0.4 is 10.2 Å². The molecule has 2 aliphatic heterocycles. The van der Waals surface area contributed by atoms with Crippen molar-refractivity contribution in [2.45, 2.75) is 39.5 Å². The number of carbonyl (C=O) groups excluding carboxylic acids is 4. The van der Waals surface area contributed by atoms with E-state index in [9.17, 15) is 23.6 Å². The van der Waals surface area contributed by atoms with Crippen molar-refractivity contribution in [3.05, 3.63) is 110 Å². The number of dihydropyridines is 1. The first-order valence-electron chi connectivity index (χ1n) is 14.3. The van der Waals surface area contributed by atoms with Crippen LogP contribution in [0.15, 0.2) is 75.4 Å². The molecule has 254 valence electrons. The van der Waals surface area contributed by atoms with Gasteiger partial charge in [-0.15, -0.1) is 0 Å². The summed E-state index contributed by atoms with van der Waals surface area (Å²) in [6.07, 6.45) is 0. The van der Waals surface area contributed by atoms with Crippen LogP contribution in [-0.4, -0.2) is 52.3 Å². The first-order valence-corrected chi connectivity index (χ1v) is 14.3. The zero-order chi connectivity index (χ0) is 35.8. The molecule has 0 bridgehead atoms. The van der Waals surface area contributed by atoms with Gasteiger partial charge in [-0.2, -0.15) is 0 Å². The lowest BCUT2D eigenvalue weighted by molar-refractivity contribution is -0.139. The minimum atomic E-state index is -1.61. The van der Waals surface area contributed by atoms with Gasteiger partial charge in [-0.25, -0.2) is 36.7 Å². The average Bonchev–Trinajstić information content (AvgIpc) is 3.04. The zero-order valence-corrected chi connectivity index (χ0v) is 27.3. The monoisotopic (exact) mass is 672 g/mol. The molecule has 4 rings (SSSR count). The average molecular weight is 673 g/mol. The molecule has 0 saturated heterocycles. The van der Waals surface area contributed by atoms with E-state index in [2.05, 4.69) is 5.32 Å². The van der Waals surface area contributed by atoms with E-state index in [0.29, 0.717) is 0 Å². The van der Waals surface area contributed by atoms with Crippen molar-refractivity contribution in [2.24, 2.45) is 0 Å². The second-order valence-electron chi connectivity index (χ2n) is 10.8. The van der Waals surface area contributed by atoms with Crippen molar-refractivity contribution in [3.63, 3.8) is 0 Å². The summed E-state index contributed by atoms with van der Waals surface area (Å²) in [6.45, 7) is 5.68. The Morgan fingerprint density at radius 3 is 1.46 bits per heavy atom. The molecule has 0 spiro atoms. The van der Waals surface area contributed by atoms with Crippen LogP contribution in [0, 0.1) is 23.3 Å². The van der Waals surface area contributed by atoms with Crippen LogP contribution in [0.4, 0.5) is 23.2 Å². The zero-order valence-electron chi connectivity index (χ0n) is 27.3. The van der Waals surface area contributed by atoms with Crippen LogP contribution >= 0.6 is 0 Å². The molecular weight excluding hydrogens is 640 g/mol. The minimum Gasteiger partial charge on any atom is -0.466 e. The molecule has 48 heavy (non-hydrogen) atoms. The Kier molecular flexibility index (Phi) is 10.2. The number of methoxy groups -OCH3 is 4. The van der Waals surface area contributed by atoms with Crippen LogP contribution in [0.1, 0.15) is 50.7 Å². The third-order valence-electron chi connectivity index (χ3n) is 8.31. The second kappa shape index (κ2) is 13.8. The molecule has 1 N–H and O–H groups in total. The third kappa shape index (κ3) is 5.82.